The highest BCUT2D eigenvalue weighted by atomic mass is 32.2. The predicted octanol–water partition coefficient (Wildman–Crippen LogP) is 5.86. The van der Waals surface area contributed by atoms with Crippen LogP contribution in [0.4, 0.5) is 5.69 Å². The van der Waals surface area contributed by atoms with E-state index in [1.807, 2.05) is 72.8 Å². The molecule has 0 unspecified atom stereocenters. The van der Waals surface area contributed by atoms with Crippen LogP contribution in [0.5, 0.6) is 0 Å². The highest BCUT2D eigenvalue weighted by Crippen LogP contribution is 2.27. The molecule has 0 saturated carbocycles. The summed E-state index contributed by atoms with van der Waals surface area (Å²) >= 11 is 1.66. The van der Waals surface area contributed by atoms with Crippen LogP contribution < -0.4 is 5.32 Å². The fraction of sp³-hybridized carbons (Fsp3) is 0.0909. The maximum absolute atomic E-state index is 12.7. The quantitative estimate of drug-likeness (QED) is 0.445. The summed E-state index contributed by atoms with van der Waals surface area (Å²) in [6, 6.07) is 22.8. The van der Waals surface area contributed by atoms with Gasteiger partial charge in [0.1, 0.15) is 5.52 Å². The van der Waals surface area contributed by atoms with Crippen LogP contribution in [0.2, 0.25) is 0 Å². The molecular weight excluding hydrogens is 356 g/mol. The SMILES string of the molecule is CCSc1ccccc1C(=O)Nc1cccc(-c2nc3ccccc3o2)c1. The van der Waals surface area contributed by atoms with Gasteiger partial charge in [0.05, 0.1) is 5.56 Å². The van der Waals surface area contributed by atoms with Crippen LogP contribution in [0.3, 0.4) is 0 Å². The highest BCUT2D eigenvalue weighted by molar-refractivity contribution is 7.99. The number of benzene rings is 3. The first-order valence-corrected chi connectivity index (χ1v) is 9.72. The fourth-order valence-corrected chi connectivity index (χ4v) is 3.66. The van der Waals surface area contributed by atoms with Gasteiger partial charge in [-0.15, -0.1) is 11.8 Å². The minimum atomic E-state index is -0.124. The van der Waals surface area contributed by atoms with E-state index in [9.17, 15) is 4.79 Å². The molecule has 4 rings (SSSR count). The first-order valence-electron chi connectivity index (χ1n) is 8.74. The molecule has 0 aliphatic carbocycles. The Labute approximate surface area is 161 Å². The predicted molar refractivity (Wildman–Crippen MR) is 110 cm³/mol. The highest BCUT2D eigenvalue weighted by Gasteiger charge is 2.13. The van der Waals surface area contributed by atoms with Crippen LogP contribution in [0.1, 0.15) is 17.3 Å². The molecule has 4 aromatic rings. The normalized spacial score (nSPS) is 10.9. The van der Waals surface area contributed by atoms with Crippen molar-refractivity contribution in [3.63, 3.8) is 0 Å². The second kappa shape index (κ2) is 7.68. The van der Waals surface area contributed by atoms with Gasteiger partial charge in [-0.25, -0.2) is 4.98 Å². The number of carbonyl (C=O) groups excluding carboxylic acids is 1. The number of thioether (sulfide) groups is 1. The lowest BCUT2D eigenvalue weighted by Gasteiger charge is -2.09. The van der Waals surface area contributed by atoms with Crippen molar-refractivity contribution >= 4 is 34.5 Å². The monoisotopic (exact) mass is 374 g/mol. The van der Waals surface area contributed by atoms with Crippen molar-refractivity contribution in [2.45, 2.75) is 11.8 Å². The molecule has 3 aromatic carbocycles. The zero-order valence-electron chi connectivity index (χ0n) is 14.8. The first-order chi connectivity index (χ1) is 13.2. The molecule has 0 radical (unpaired) electrons. The number of anilines is 1. The summed E-state index contributed by atoms with van der Waals surface area (Å²) in [5.41, 5.74) is 3.76. The number of nitrogens with zero attached hydrogens (tertiary/aromatic N) is 1. The van der Waals surface area contributed by atoms with Gasteiger partial charge >= 0.3 is 0 Å². The molecular formula is C22H18N2O2S. The number of para-hydroxylation sites is 2. The van der Waals surface area contributed by atoms with E-state index in [1.165, 1.54) is 0 Å². The third-order valence-corrected chi connectivity index (χ3v) is 5.05. The van der Waals surface area contributed by atoms with Crippen molar-refractivity contribution in [3.8, 4) is 11.5 Å². The lowest BCUT2D eigenvalue weighted by atomic mass is 10.1. The molecule has 0 saturated heterocycles. The van der Waals surface area contributed by atoms with E-state index in [-0.39, 0.29) is 5.91 Å². The van der Waals surface area contributed by atoms with Crippen molar-refractivity contribution in [1.82, 2.24) is 4.98 Å². The first kappa shape index (κ1) is 17.4. The van der Waals surface area contributed by atoms with Gasteiger partial charge in [-0.2, -0.15) is 0 Å². The van der Waals surface area contributed by atoms with Gasteiger partial charge in [0, 0.05) is 16.1 Å². The Balaban J connectivity index is 1.60. The lowest BCUT2D eigenvalue weighted by molar-refractivity contribution is 0.102. The molecule has 1 amide bonds. The maximum atomic E-state index is 12.7. The summed E-state index contributed by atoms with van der Waals surface area (Å²) in [5, 5.41) is 2.98. The number of nitrogens with one attached hydrogen (secondary N) is 1. The summed E-state index contributed by atoms with van der Waals surface area (Å²) in [7, 11) is 0. The van der Waals surface area contributed by atoms with Crippen LogP contribution >= 0.6 is 11.8 Å². The third-order valence-electron chi connectivity index (χ3n) is 4.09. The number of rotatable bonds is 5. The molecule has 27 heavy (non-hydrogen) atoms. The van der Waals surface area contributed by atoms with Crippen LogP contribution in [-0.4, -0.2) is 16.6 Å². The van der Waals surface area contributed by atoms with Crippen LogP contribution in [-0.2, 0) is 0 Å². The summed E-state index contributed by atoms with van der Waals surface area (Å²) in [6.07, 6.45) is 0. The second-order valence-electron chi connectivity index (χ2n) is 5.95. The number of aromatic nitrogens is 1. The fourth-order valence-electron chi connectivity index (χ4n) is 2.86. The van der Waals surface area contributed by atoms with E-state index in [0.717, 1.165) is 27.3 Å². The molecule has 1 aromatic heterocycles. The molecule has 1 N–H and O–H groups in total. The topological polar surface area (TPSA) is 55.1 Å². The Morgan fingerprint density at radius 2 is 1.85 bits per heavy atom. The van der Waals surface area contributed by atoms with E-state index in [2.05, 4.69) is 17.2 Å². The van der Waals surface area contributed by atoms with Gasteiger partial charge < -0.3 is 9.73 Å². The summed E-state index contributed by atoms with van der Waals surface area (Å²) in [4.78, 5) is 18.2. The molecule has 0 atom stereocenters. The largest absolute Gasteiger partial charge is 0.436 e. The molecule has 0 fully saturated rings. The lowest BCUT2D eigenvalue weighted by Crippen LogP contribution is -2.13. The number of carbonyl (C=O) groups is 1. The molecule has 0 bridgehead atoms. The van der Waals surface area contributed by atoms with E-state index in [0.29, 0.717) is 17.1 Å². The van der Waals surface area contributed by atoms with Crippen molar-refractivity contribution in [2.75, 3.05) is 11.1 Å². The number of amides is 1. The second-order valence-corrected chi connectivity index (χ2v) is 7.26. The Morgan fingerprint density at radius 1 is 1.04 bits per heavy atom. The zero-order chi connectivity index (χ0) is 18.6. The van der Waals surface area contributed by atoms with Crippen LogP contribution in [0.15, 0.2) is 82.1 Å². The number of oxazole rings is 1. The van der Waals surface area contributed by atoms with Crippen molar-refractivity contribution < 1.29 is 9.21 Å². The maximum Gasteiger partial charge on any atom is 0.256 e. The average Bonchev–Trinajstić information content (AvgIpc) is 3.13. The smallest absolute Gasteiger partial charge is 0.256 e. The van der Waals surface area contributed by atoms with Gasteiger partial charge in [-0.05, 0) is 48.2 Å². The Hall–Kier alpha value is -3.05. The summed E-state index contributed by atoms with van der Waals surface area (Å²) in [6.45, 7) is 2.07. The van der Waals surface area contributed by atoms with Crippen molar-refractivity contribution in [1.29, 1.82) is 0 Å². The van der Waals surface area contributed by atoms with Gasteiger partial charge in [0.2, 0.25) is 5.89 Å². The molecule has 5 heteroatoms. The number of hydrogen-bond acceptors (Lipinski definition) is 4. The van der Waals surface area contributed by atoms with Gasteiger partial charge in [-0.3, -0.25) is 4.79 Å². The van der Waals surface area contributed by atoms with Gasteiger partial charge in [-0.1, -0.05) is 37.3 Å². The minimum Gasteiger partial charge on any atom is -0.436 e. The molecule has 4 nitrogen and oxygen atoms in total. The Kier molecular flexibility index (Phi) is 4.94. The van der Waals surface area contributed by atoms with Crippen molar-refractivity contribution in [3.05, 3.63) is 78.4 Å². The average molecular weight is 374 g/mol. The third kappa shape index (κ3) is 3.73. The van der Waals surface area contributed by atoms with Crippen LogP contribution in [0, 0.1) is 0 Å². The molecule has 0 spiro atoms. The van der Waals surface area contributed by atoms with E-state index in [4.69, 9.17) is 4.42 Å². The molecule has 134 valence electrons. The molecule has 0 aliphatic rings. The molecule has 0 aliphatic heterocycles. The van der Waals surface area contributed by atoms with E-state index in [1.54, 1.807) is 11.8 Å². The molecule has 1 heterocycles. The van der Waals surface area contributed by atoms with Gasteiger partial charge in [0.15, 0.2) is 5.58 Å². The standard InChI is InChI=1S/C22H18N2O2S/c1-2-27-20-13-6-3-10-17(20)21(25)23-16-9-7-8-15(14-16)22-24-18-11-4-5-12-19(18)26-22/h3-14H,2H2,1H3,(H,23,25). The van der Waals surface area contributed by atoms with E-state index >= 15 is 0 Å². The Bertz CT molecular complexity index is 1070. The summed E-state index contributed by atoms with van der Waals surface area (Å²) in [5.74, 6) is 1.33. The van der Waals surface area contributed by atoms with E-state index < -0.39 is 0 Å². The minimum absolute atomic E-state index is 0.124. The summed E-state index contributed by atoms with van der Waals surface area (Å²) < 4.78 is 5.82. The number of hydrogen-bond donors (Lipinski definition) is 1. The number of fused-ring (bicyclic) bond motifs is 1. The van der Waals surface area contributed by atoms with Gasteiger partial charge in [0.25, 0.3) is 5.91 Å². The zero-order valence-corrected chi connectivity index (χ0v) is 15.6. The Morgan fingerprint density at radius 3 is 2.70 bits per heavy atom. The van der Waals surface area contributed by atoms with Crippen molar-refractivity contribution in [2.24, 2.45) is 0 Å². The van der Waals surface area contributed by atoms with Crippen LogP contribution in [0.25, 0.3) is 22.6 Å².